The summed E-state index contributed by atoms with van der Waals surface area (Å²) < 4.78 is 0. The standard InChI is InChI=1S/C25H20N4O4/c26-17-10-8-16(9-11-17)22-27-23(19-3-1-2-4-21(19)31)29-24(28-22)20(25(32)33)14-7-15-5-12-18(30)13-6-15/h1-6,8-14,30-31H,7,26H2,(H,32,33). The van der Waals surface area contributed by atoms with Crippen molar-refractivity contribution < 1.29 is 20.1 Å². The first-order valence-electron chi connectivity index (χ1n) is 10.0. The second kappa shape index (κ2) is 9.19. The molecule has 0 unspecified atom stereocenters. The van der Waals surface area contributed by atoms with Gasteiger partial charge in [-0.1, -0.05) is 30.3 Å². The molecule has 3 aromatic carbocycles. The fraction of sp³-hybridized carbons (Fsp3) is 0.0400. The van der Waals surface area contributed by atoms with E-state index in [2.05, 4.69) is 15.0 Å². The predicted molar refractivity (Wildman–Crippen MR) is 124 cm³/mol. The summed E-state index contributed by atoms with van der Waals surface area (Å²) in [4.78, 5) is 25.3. The van der Waals surface area contributed by atoms with Crippen molar-refractivity contribution in [3.63, 3.8) is 0 Å². The van der Waals surface area contributed by atoms with Crippen LogP contribution in [0.1, 0.15) is 11.4 Å². The van der Waals surface area contributed by atoms with E-state index in [1.54, 1.807) is 54.6 Å². The van der Waals surface area contributed by atoms with Crippen LogP contribution in [0, 0.1) is 0 Å². The Kier molecular flexibility index (Phi) is 5.99. The zero-order chi connectivity index (χ0) is 23.4. The topological polar surface area (TPSA) is 142 Å². The van der Waals surface area contributed by atoms with Gasteiger partial charge in [0.2, 0.25) is 0 Å². The minimum Gasteiger partial charge on any atom is -0.508 e. The molecule has 0 spiro atoms. The highest BCUT2D eigenvalue weighted by Gasteiger charge is 2.19. The maximum absolute atomic E-state index is 12.1. The smallest absolute Gasteiger partial charge is 0.339 e. The molecule has 1 heterocycles. The summed E-state index contributed by atoms with van der Waals surface area (Å²) in [6.07, 6.45) is 1.79. The Hall–Kier alpha value is -4.72. The summed E-state index contributed by atoms with van der Waals surface area (Å²) in [6.45, 7) is 0. The van der Waals surface area contributed by atoms with Crippen LogP contribution >= 0.6 is 0 Å². The lowest BCUT2D eigenvalue weighted by atomic mass is 10.1. The Bertz CT molecular complexity index is 1330. The molecular weight excluding hydrogens is 420 g/mol. The van der Waals surface area contributed by atoms with Crippen molar-refractivity contribution in [3.8, 4) is 34.3 Å². The van der Waals surface area contributed by atoms with Crippen molar-refractivity contribution in [1.82, 2.24) is 15.0 Å². The molecule has 164 valence electrons. The number of para-hydroxylation sites is 1. The van der Waals surface area contributed by atoms with Crippen molar-refractivity contribution in [2.24, 2.45) is 0 Å². The van der Waals surface area contributed by atoms with E-state index >= 15 is 0 Å². The number of benzene rings is 3. The van der Waals surface area contributed by atoms with Crippen molar-refractivity contribution in [2.45, 2.75) is 6.42 Å². The second-order valence-corrected chi connectivity index (χ2v) is 7.24. The van der Waals surface area contributed by atoms with Crippen molar-refractivity contribution >= 4 is 17.2 Å². The lowest BCUT2D eigenvalue weighted by Gasteiger charge is -2.10. The largest absolute Gasteiger partial charge is 0.508 e. The van der Waals surface area contributed by atoms with E-state index in [-0.39, 0.29) is 41.0 Å². The third-order valence-corrected chi connectivity index (χ3v) is 4.90. The summed E-state index contributed by atoms with van der Waals surface area (Å²) in [5, 5.41) is 29.6. The highest BCUT2D eigenvalue weighted by atomic mass is 16.4. The number of nitrogen functional groups attached to an aromatic ring is 1. The highest BCUT2D eigenvalue weighted by molar-refractivity contribution is 6.14. The number of aliphatic carboxylic acids is 1. The number of allylic oxidation sites excluding steroid dienone is 1. The Labute approximate surface area is 189 Å². The number of aromatic hydroxyl groups is 2. The highest BCUT2D eigenvalue weighted by Crippen LogP contribution is 2.29. The lowest BCUT2D eigenvalue weighted by Crippen LogP contribution is -2.08. The summed E-state index contributed by atoms with van der Waals surface area (Å²) >= 11 is 0. The molecule has 0 radical (unpaired) electrons. The summed E-state index contributed by atoms with van der Waals surface area (Å²) in [6, 6.07) is 19.8. The maximum atomic E-state index is 12.1. The van der Waals surface area contributed by atoms with Crippen LogP contribution in [0.2, 0.25) is 0 Å². The number of carbonyl (C=O) groups is 1. The van der Waals surface area contributed by atoms with Gasteiger partial charge in [-0.2, -0.15) is 0 Å². The van der Waals surface area contributed by atoms with E-state index in [9.17, 15) is 20.1 Å². The number of aromatic nitrogens is 3. The number of phenols is 2. The van der Waals surface area contributed by atoms with Gasteiger partial charge in [0.15, 0.2) is 17.5 Å². The van der Waals surface area contributed by atoms with Crippen LogP contribution in [0.25, 0.3) is 28.3 Å². The Balaban J connectivity index is 1.84. The van der Waals surface area contributed by atoms with Crippen LogP contribution in [-0.4, -0.2) is 36.2 Å². The van der Waals surface area contributed by atoms with Crippen molar-refractivity contribution in [1.29, 1.82) is 0 Å². The van der Waals surface area contributed by atoms with E-state index in [1.807, 2.05) is 0 Å². The van der Waals surface area contributed by atoms with Gasteiger partial charge in [0.05, 0.1) is 5.56 Å². The molecular formula is C25H20N4O4. The molecule has 5 N–H and O–H groups in total. The van der Waals surface area contributed by atoms with Gasteiger partial charge < -0.3 is 21.1 Å². The van der Waals surface area contributed by atoms with Gasteiger partial charge in [-0.05, 0) is 60.5 Å². The number of phenolic OH excluding ortho intramolecular Hbond substituents is 2. The van der Waals surface area contributed by atoms with Crippen LogP contribution in [0.5, 0.6) is 11.5 Å². The molecule has 0 amide bonds. The van der Waals surface area contributed by atoms with E-state index in [0.29, 0.717) is 16.8 Å². The normalized spacial score (nSPS) is 11.3. The quantitative estimate of drug-likeness (QED) is 0.261. The van der Waals surface area contributed by atoms with Gasteiger partial charge in [-0.25, -0.2) is 19.7 Å². The number of nitrogens with two attached hydrogens (primary N) is 1. The van der Waals surface area contributed by atoms with Crippen molar-refractivity contribution in [2.75, 3.05) is 5.73 Å². The second-order valence-electron chi connectivity index (χ2n) is 7.24. The maximum Gasteiger partial charge on any atom is 0.339 e. The lowest BCUT2D eigenvalue weighted by molar-refractivity contribution is -0.130. The first kappa shape index (κ1) is 21.5. The molecule has 4 rings (SSSR count). The SMILES string of the molecule is Nc1ccc(-c2nc(C(=CCc3ccc(O)cc3)C(=O)O)nc(-c3ccccc3O)n2)cc1. The number of carboxylic acids is 1. The molecule has 8 nitrogen and oxygen atoms in total. The van der Waals surface area contributed by atoms with E-state index in [4.69, 9.17) is 5.73 Å². The monoisotopic (exact) mass is 440 g/mol. The zero-order valence-electron chi connectivity index (χ0n) is 17.4. The summed E-state index contributed by atoms with van der Waals surface area (Å²) in [5.74, 6) is -0.772. The van der Waals surface area contributed by atoms with E-state index in [0.717, 1.165) is 5.56 Å². The Morgan fingerprint density at radius 2 is 1.52 bits per heavy atom. The fourth-order valence-corrected chi connectivity index (χ4v) is 3.17. The number of hydrogen-bond acceptors (Lipinski definition) is 7. The number of nitrogens with zero attached hydrogens (tertiary/aromatic N) is 3. The number of carboxylic acid groups (broad SMARTS) is 1. The van der Waals surface area contributed by atoms with Gasteiger partial charge in [0, 0.05) is 11.3 Å². The molecule has 4 aromatic rings. The van der Waals surface area contributed by atoms with E-state index < -0.39 is 5.97 Å². The average molecular weight is 440 g/mol. The van der Waals surface area contributed by atoms with Crippen LogP contribution in [0.4, 0.5) is 5.69 Å². The molecule has 0 atom stereocenters. The molecule has 33 heavy (non-hydrogen) atoms. The molecule has 0 fully saturated rings. The van der Waals surface area contributed by atoms with Gasteiger partial charge in [-0.15, -0.1) is 0 Å². The van der Waals surface area contributed by atoms with Gasteiger partial charge in [0.25, 0.3) is 0 Å². The molecule has 0 aliphatic rings. The average Bonchev–Trinajstić information content (AvgIpc) is 2.81. The van der Waals surface area contributed by atoms with Gasteiger partial charge in [0.1, 0.15) is 17.1 Å². The summed E-state index contributed by atoms with van der Waals surface area (Å²) in [5.41, 5.74) is 8.00. The van der Waals surface area contributed by atoms with Crippen LogP contribution in [-0.2, 0) is 11.2 Å². The first-order chi connectivity index (χ1) is 15.9. The third-order valence-electron chi connectivity index (χ3n) is 4.90. The molecule has 1 aromatic heterocycles. The fourth-order valence-electron chi connectivity index (χ4n) is 3.17. The number of anilines is 1. The third kappa shape index (κ3) is 4.96. The predicted octanol–water partition coefficient (Wildman–Crippen LogP) is 3.91. The Morgan fingerprint density at radius 3 is 2.18 bits per heavy atom. The summed E-state index contributed by atoms with van der Waals surface area (Å²) in [7, 11) is 0. The molecule has 0 saturated heterocycles. The molecule has 8 heteroatoms. The van der Waals surface area contributed by atoms with Crippen LogP contribution in [0.15, 0.2) is 78.9 Å². The number of rotatable bonds is 6. The minimum atomic E-state index is -1.20. The molecule has 0 aliphatic carbocycles. The molecule has 0 aliphatic heterocycles. The van der Waals surface area contributed by atoms with Crippen molar-refractivity contribution in [3.05, 3.63) is 90.3 Å². The zero-order valence-corrected chi connectivity index (χ0v) is 17.4. The van der Waals surface area contributed by atoms with Crippen LogP contribution in [0.3, 0.4) is 0 Å². The molecule has 0 bridgehead atoms. The van der Waals surface area contributed by atoms with Crippen LogP contribution < -0.4 is 5.73 Å². The Morgan fingerprint density at radius 1 is 0.848 bits per heavy atom. The van der Waals surface area contributed by atoms with E-state index in [1.165, 1.54) is 24.3 Å². The number of hydrogen-bond donors (Lipinski definition) is 4. The first-order valence-corrected chi connectivity index (χ1v) is 10.0. The van der Waals surface area contributed by atoms with Gasteiger partial charge >= 0.3 is 5.97 Å². The van der Waals surface area contributed by atoms with Gasteiger partial charge in [-0.3, -0.25) is 0 Å². The molecule has 0 saturated carbocycles. The minimum absolute atomic E-state index is 0.0390.